The van der Waals surface area contributed by atoms with Crippen molar-refractivity contribution in [2.75, 3.05) is 33.8 Å². The minimum atomic E-state index is -0.0318. The molecule has 4 nitrogen and oxygen atoms in total. The zero-order chi connectivity index (χ0) is 18.2. The van der Waals surface area contributed by atoms with E-state index in [1.165, 1.54) is 11.3 Å². The van der Waals surface area contributed by atoms with Gasteiger partial charge < -0.3 is 15.0 Å². The number of benzene rings is 1. The van der Waals surface area contributed by atoms with Gasteiger partial charge in [-0.1, -0.05) is 6.07 Å². The third-order valence-corrected chi connectivity index (χ3v) is 5.80. The van der Waals surface area contributed by atoms with E-state index in [1.54, 1.807) is 0 Å². The number of nitrogens with one attached hydrogen (secondary N) is 1. The molecule has 0 radical (unpaired) electrons. The van der Waals surface area contributed by atoms with Crippen molar-refractivity contribution in [3.05, 3.63) is 49.0 Å². The van der Waals surface area contributed by atoms with Crippen molar-refractivity contribution in [1.29, 1.82) is 0 Å². The first-order valence-corrected chi connectivity index (χ1v) is 10.5. The number of amides is 1. The number of thiophene rings is 1. The topological polar surface area (TPSA) is 41.6 Å². The number of carbonyl (C=O) groups excluding carboxylic acids is 1. The third kappa shape index (κ3) is 7.09. The number of nitrogens with zero attached hydrogens (tertiary/aromatic N) is 1. The Bertz CT molecular complexity index is 704. The normalized spacial score (nSPS) is 10.9. The summed E-state index contributed by atoms with van der Waals surface area (Å²) >= 11 is 8.36. The van der Waals surface area contributed by atoms with Gasteiger partial charge in [0.05, 0.1) is 16.0 Å². The van der Waals surface area contributed by atoms with Crippen LogP contribution in [0.3, 0.4) is 0 Å². The zero-order valence-corrected chi connectivity index (χ0v) is 18.3. The molecule has 1 amide bonds. The zero-order valence-electron chi connectivity index (χ0n) is 14.4. The summed E-state index contributed by atoms with van der Waals surface area (Å²) in [6, 6.07) is 7.90. The molecule has 7 heteroatoms. The van der Waals surface area contributed by atoms with E-state index in [-0.39, 0.29) is 5.91 Å². The maximum Gasteiger partial charge on any atom is 0.261 e. The Kier molecular flexibility index (Phi) is 8.42. The minimum absolute atomic E-state index is 0.0318. The minimum Gasteiger partial charge on any atom is -0.492 e. The Morgan fingerprint density at radius 3 is 2.72 bits per heavy atom. The van der Waals surface area contributed by atoms with Crippen LogP contribution in [0.25, 0.3) is 0 Å². The second-order valence-corrected chi connectivity index (χ2v) is 8.59. The summed E-state index contributed by atoms with van der Waals surface area (Å²) in [6.07, 6.45) is 1.77. The molecule has 1 aromatic carbocycles. The SMILES string of the molecule is CN(C)CCCOc1ccc(CCNC(=O)c2cc(Br)cs2)cc1Br. The van der Waals surface area contributed by atoms with Gasteiger partial charge >= 0.3 is 0 Å². The highest BCUT2D eigenvalue weighted by Gasteiger charge is 2.08. The maximum atomic E-state index is 12.0. The smallest absolute Gasteiger partial charge is 0.261 e. The largest absolute Gasteiger partial charge is 0.492 e. The number of ether oxygens (including phenoxy) is 1. The van der Waals surface area contributed by atoms with Crippen molar-refractivity contribution in [2.45, 2.75) is 12.8 Å². The van der Waals surface area contributed by atoms with Crippen LogP contribution in [0.5, 0.6) is 5.75 Å². The number of rotatable bonds is 9. The molecule has 1 heterocycles. The van der Waals surface area contributed by atoms with E-state index in [0.717, 1.165) is 44.5 Å². The summed E-state index contributed by atoms with van der Waals surface area (Å²) in [5.41, 5.74) is 1.15. The summed E-state index contributed by atoms with van der Waals surface area (Å²) in [7, 11) is 4.11. The molecule has 0 aliphatic carbocycles. The molecule has 136 valence electrons. The Morgan fingerprint density at radius 1 is 1.28 bits per heavy atom. The van der Waals surface area contributed by atoms with E-state index in [4.69, 9.17) is 4.74 Å². The lowest BCUT2D eigenvalue weighted by atomic mass is 10.1. The molecule has 0 saturated carbocycles. The Labute approximate surface area is 169 Å². The van der Waals surface area contributed by atoms with Crippen LogP contribution >= 0.6 is 43.2 Å². The van der Waals surface area contributed by atoms with Gasteiger partial charge in [0.2, 0.25) is 0 Å². The van der Waals surface area contributed by atoms with Crippen LogP contribution in [0.1, 0.15) is 21.7 Å². The maximum absolute atomic E-state index is 12.0. The number of hydrogen-bond acceptors (Lipinski definition) is 4. The van der Waals surface area contributed by atoms with Crippen LogP contribution in [0, 0.1) is 0 Å². The molecular formula is C18H22Br2N2O2S. The molecule has 0 saturated heterocycles. The quantitative estimate of drug-likeness (QED) is 0.524. The van der Waals surface area contributed by atoms with E-state index >= 15 is 0 Å². The van der Waals surface area contributed by atoms with E-state index < -0.39 is 0 Å². The lowest BCUT2D eigenvalue weighted by molar-refractivity contribution is 0.0958. The first-order chi connectivity index (χ1) is 12.0. The lowest BCUT2D eigenvalue weighted by Gasteiger charge is -2.12. The van der Waals surface area contributed by atoms with Crippen molar-refractivity contribution >= 4 is 49.1 Å². The monoisotopic (exact) mass is 488 g/mol. The van der Waals surface area contributed by atoms with Gasteiger partial charge in [-0.2, -0.15) is 0 Å². The standard InChI is InChI=1S/C18H22Br2N2O2S/c1-22(2)8-3-9-24-16-5-4-13(10-15(16)20)6-7-21-18(23)17-11-14(19)12-25-17/h4-5,10-12H,3,6-9H2,1-2H3,(H,21,23). The van der Waals surface area contributed by atoms with Crippen LogP contribution in [0.4, 0.5) is 0 Å². The van der Waals surface area contributed by atoms with Crippen LogP contribution < -0.4 is 10.1 Å². The van der Waals surface area contributed by atoms with Gasteiger partial charge in [-0.15, -0.1) is 11.3 Å². The summed E-state index contributed by atoms with van der Waals surface area (Å²) in [4.78, 5) is 14.9. The Hall–Kier alpha value is -0.890. The number of hydrogen-bond donors (Lipinski definition) is 1. The fourth-order valence-corrected chi connectivity index (χ4v) is 4.10. The molecule has 0 aliphatic heterocycles. The van der Waals surface area contributed by atoms with Gasteiger partial charge in [-0.05, 0) is 82.6 Å². The van der Waals surface area contributed by atoms with Gasteiger partial charge in [-0.3, -0.25) is 4.79 Å². The highest BCUT2D eigenvalue weighted by molar-refractivity contribution is 9.10. The fraction of sp³-hybridized carbons (Fsp3) is 0.389. The average Bonchev–Trinajstić information content (AvgIpc) is 2.99. The van der Waals surface area contributed by atoms with Gasteiger partial charge in [0.1, 0.15) is 5.75 Å². The Balaban J connectivity index is 1.77. The molecule has 1 N–H and O–H groups in total. The van der Waals surface area contributed by atoms with Gasteiger partial charge in [0, 0.05) is 22.9 Å². The molecule has 0 fully saturated rings. The second-order valence-electron chi connectivity index (χ2n) is 5.91. The molecule has 0 bridgehead atoms. The van der Waals surface area contributed by atoms with Crippen molar-refractivity contribution in [3.63, 3.8) is 0 Å². The van der Waals surface area contributed by atoms with E-state index in [0.29, 0.717) is 13.2 Å². The lowest BCUT2D eigenvalue weighted by Crippen LogP contribution is -2.24. The summed E-state index contributed by atoms with van der Waals surface area (Å²) < 4.78 is 7.68. The summed E-state index contributed by atoms with van der Waals surface area (Å²) in [6.45, 7) is 2.31. The second kappa shape index (κ2) is 10.3. The highest BCUT2D eigenvalue weighted by Crippen LogP contribution is 2.26. The average molecular weight is 490 g/mol. The molecule has 0 unspecified atom stereocenters. The Morgan fingerprint density at radius 2 is 2.08 bits per heavy atom. The van der Waals surface area contributed by atoms with Crippen LogP contribution in [0.15, 0.2) is 38.6 Å². The van der Waals surface area contributed by atoms with Crippen molar-refractivity contribution in [1.82, 2.24) is 10.2 Å². The van der Waals surface area contributed by atoms with Crippen LogP contribution in [-0.4, -0.2) is 44.6 Å². The molecule has 25 heavy (non-hydrogen) atoms. The van der Waals surface area contributed by atoms with Gasteiger partial charge in [0.25, 0.3) is 5.91 Å². The van der Waals surface area contributed by atoms with Crippen molar-refractivity contribution in [3.8, 4) is 5.75 Å². The van der Waals surface area contributed by atoms with E-state index in [9.17, 15) is 4.79 Å². The first-order valence-electron chi connectivity index (χ1n) is 8.04. The number of halogens is 2. The highest BCUT2D eigenvalue weighted by atomic mass is 79.9. The van der Waals surface area contributed by atoms with E-state index in [2.05, 4.69) is 62.2 Å². The summed E-state index contributed by atoms with van der Waals surface area (Å²) in [5.74, 6) is 0.825. The van der Waals surface area contributed by atoms with Crippen molar-refractivity contribution in [2.24, 2.45) is 0 Å². The molecule has 1 aromatic heterocycles. The fourth-order valence-electron chi connectivity index (χ4n) is 2.22. The van der Waals surface area contributed by atoms with E-state index in [1.807, 2.05) is 23.6 Å². The molecule has 0 aliphatic rings. The molecule has 2 aromatic rings. The molecule has 0 atom stereocenters. The number of carbonyl (C=O) groups is 1. The molecule has 0 spiro atoms. The van der Waals surface area contributed by atoms with Crippen molar-refractivity contribution < 1.29 is 9.53 Å². The predicted molar refractivity (Wildman–Crippen MR) is 111 cm³/mol. The first kappa shape index (κ1) is 20.4. The van der Waals surface area contributed by atoms with Crippen LogP contribution in [0.2, 0.25) is 0 Å². The third-order valence-electron chi connectivity index (χ3n) is 3.49. The van der Waals surface area contributed by atoms with Gasteiger partial charge in [-0.25, -0.2) is 0 Å². The van der Waals surface area contributed by atoms with Gasteiger partial charge in [0.15, 0.2) is 0 Å². The summed E-state index contributed by atoms with van der Waals surface area (Å²) in [5, 5.41) is 4.85. The predicted octanol–water partition coefficient (Wildman–Crippen LogP) is 4.58. The molecule has 2 rings (SSSR count). The van der Waals surface area contributed by atoms with Crippen LogP contribution in [-0.2, 0) is 6.42 Å². The molecular weight excluding hydrogens is 468 g/mol.